The van der Waals surface area contributed by atoms with Gasteiger partial charge in [0.05, 0.1) is 35.9 Å². The van der Waals surface area contributed by atoms with Crippen LogP contribution < -0.4 is 14.5 Å². The van der Waals surface area contributed by atoms with Crippen LogP contribution in [0.25, 0.3) is 0 Å². The molecule has 2 aromatic rings. The van der Waals surface area contributed by atoms with Gasteiger partial charge in [-0.3, -0.25) is 9.10 Å². The van der Waals surface area contributed by atoms with Crippen molar-refractivity contribution in [2.75, 3.05) is 24.2 Å². The first-order valence-corrected chi connectivity index (χ1v) is 10.6. The minimum Gasteiger partial charge on any atom is -0.504 e. The van der Waals surface area contributed by atoms with Crippen molar-refractivity contribution in [3.8, 4) is 11.5 Å². The molecule has 0 aliphatic carbocycles. The summed E-state index contributed by atoms with van der Waals surface area (Å²) in [6.45, 7) is -0.888. The summed E-state index contributed by atoms with van der Waals surface area (Å²) in [5.74, 6) is -1.04. The number of carbonyl (C=O) groups excluding carboxylic acids is 1. The fourth-order valence-electron chi connectivity index (χ4n) is 2.41. The standard InChI is InChI=1S/C18H17ClF3N3O5S/c1-30-15-5-3-4-11(17(15)27)9-23-24-16(26)10-25(31(2,28)29)14-8-12(18(20,21)22)6-7-13(14)19/h3-9,27H,10H2,1-2H3,(H,24,26)/b23-9-. The van der Waals surface area contributed by atoms with Crippen molar-refractivity contribution in [1.82, 2.24) is 5.43 Å². The van der Waals surface area contributed by atoms with Crippen molar-refractivity contribution < 1.29 is 36.2 Å². The SMILES string of the molecule is COc1cccc(/C=N\NC(=O)CN(c2cc(C(F)(F)F)ccc2Cl)S(C)(=O)=O)c1O. The normalized spacial score (nSPS) is 12.1. The number of ether oxygens (including phenoxy) is 1. The second-order valence-corrected chi connectivity index (χ2v) is 8.44. The highest BCUT2D eigenvalue weighted by Gasteiger charge is 2.33. The minimum absolute atomic E-state index is 0.165. The summed E-state index contributed by atoms with van der Waals surface area (Å²) in [5, 5.41) is 13.3. The Hall–Kier alpha value is -2.99. The van der Waals surface area contributed by atoms with E-state index in [1.807, 2.05) is 5.43 Å². The van der Waals surface area contributed by atoms with Crippen LogP contribution in [0.3, 0.4) is 0 Å². The van der Waals surface area contributed by atoms with E-state index in [2.05, 4.69) is 5.10 Å². The number of hydrogen-bond donors (Lipinski definition) is 2. The molecule has 0 spiro atoms. The van der Waals surface area contributed by atoms with Crippen LogP contribution in [0.5, 0.6) is 11.5 Å². The maximum atomic E-state index is 13.0. The molecule has 0 saturated heterocycles. The van der Waals surface area contributed by atoms with E-state index in [1.54, 1.807) is 6.07 Å². The summed E-state index contributed by atoms with van der Waals surface area (Å²) >= 11 is 5.89. The largest absolute Gasteiger partial charge is 0.504 e. The molecule has 0 aliphatic rings. The Bertz CT molecular complexity index is 1110. The lowest BCUT2D eigenvalue weighted by Gasteiger charge is -2.23. The quantitative estimate of drug-likeness (QED) is 0.469. The predicted octanol–water partition coefficient (Wildman–Crippen LogP) is 2.99. The van der Waals surface area contributed by atoms with Crippen molar-refractivity contribution >= 4 is 39.4 Å². The van der Waals surface area contributed by atoms with Crippen molar-refractivity contribution in [3.63, 3.8) is 0 Å². The average Bonchev–Trinajstić information content (AvgIpc) is 2.66. The number of methoxy groups -OCH3 is 1. The minimum atomic E-state index is -4.74. The molecule has 0 unspecified atom stereocenters. The maximum absolute atomic E-state index is 13.0. The number of benzene rings is 2. The highest BCUT2D eigenvalue weighted by atomic mass is 35.5. The highest BCUT2D eigenvalue weighted by molar-refractivity contribution is 7.92. The first-order chi connectivity index (χ1) is 14.3. The third kappa shape index (κ3) is 6.25. The molecular weight excluding hydrogens is 463 g/mol. The van der Waals surface area contributed by atoms with Crippen molar-refractivity contribution in [2.24, 2.45) is 5.10 Å². The number of amides is 1. The van der Waals surface area contributed by atoms with Gasteiger partial charge in [0.15, 0.2) is 11.5 Å². The van der Waals surface area contributed by atoms with Gasteiger partial charge >= 0.3 is 6.18 Å². The molecule has 0 aromatic heterocycles. The number of phenols is 1. The third-order valence-corrected chi connectivity index (χ3v) is 5.32. The number of hydrogen-bond acceptors (Lipinski definition) is 6. The Morgan fingerprint density at radius 2 is 2.00 bits per heavy atom. The zero-order chi connectivity index (χ0) is 23.4. The van der Waals surface area contributed by atoms with Crippen LogP contribution in [-0.2, 0) is 21.0 Å². The molecular formula is C18H17ClF3N3O5S. The lowest BCUT2D eigenvalue weighted by atomic mass is 10.2. The second kappa shape index (κ2) is 9.43. The number of sulfonamides is 1. The van der Waals surface area contributed by atoms with Crippen LogP contribution in [-0.4, -0.2) is 45.6 Å². The summed E-state index contributed by atoms with van der Waals surface area (Å²) in [6.07, 6.45) is -2.94. The molecule has 2 N–H and O–H groups in total. The molecule has 8 nitrogen and oxygen atoms in total. The average molecular weight is 480 g/mol. The third-order valence-electron chi connectivity index (χ3n) is 3.87. The number of alkyl halides is 3. The first kappa shape index (κ1) is 24.3. The number of para-hydroxylation sites is 1. The number of aromatic hydroxyl groups is 1. The van der Waals surface area contributed by atoms with E-state index < -0.39 is 39.9 Å². The Morgan fingerprint density at radius 3 is 2.58 bits per heavy atom. The van der Waals surface area contributed by atoms with Gasteiger partial charge in [0.25, 0.3) is 5.91 Å². The van der Waals surface area contributed by atoms with E-state index in [0.29, 0.717) is 22.7 Å². The number of nitrogens with zero attached hydrogens (tertiary/aromatic N) is 2. The lowest BCUT2D eigenvalue weighted by molar-refractivity contribution is -0.137. The number of halogens is 4. The van der Waals surface area contributed by atoms with Crippen molar-refractivity contribution in [3.05, 3.63) is 52.5 Å². The monoisotopic (exact) mass is 479 g/mol. The summed E-state index contributed by atoms with van der Waals surface area (Å²) in [7, 11) is -2.83. The number of anilines is 1. The summed E-state index contributed by atoms with van der Waals surface area (Å²) in [4.78, 5) is 12.2. The van der Waals surface area contributed by atoms with E-state index in [4.69, 9.17) is 16.3 Å². The molecule has 0 saturated carbocycles. The van der Waals surface area contributed by atoms with E-state index in [1.165, 1.54) is 19.2 Å². The van der Waals surface area contributed by atoms with Gasteiger partial charge in [-0.2, -0.15) is 18.3 Å². The number of hydrazone groups is 1. The topological polar surface area (TPSA) is 108 Å². The van der Waals surface area contributed by atoms with E-state index >= 15 is 0 Å². The van der Waals surface area contributed by atoms with Crippen LogP contribution >= 0.6 is 11.6 Å². The zero-order valence-electron chi connectivity index (χ0n) is 16.1. The lowest BCUT2D eigenvalue weighted by Crippen LogP contribution is -2.39. The van der Waals surface area contributed by atoms with Crippen LogP contribution in [0.1, 0.15) is 11.1 Å². The van der Waals surface area contributed by atoms with Crippen LogP contribution in [0.15, 0.2) is 41.5 Å². The molecule has 1 amide bonds. The molecule has 0 aliphatic heterocycles. The fourth-order valence-corrected chi connectivity index (χ4v) is 3.54. The Labute approximate surface area is 180 Å². The van der Waals surface area contributed by atoms with Crippen molar-refractivity contribution in [1.29, 1.82) is 0 Å². The molecule has 0 bridgehead atoms. The molecule has 0 radical (unpaired) electrons. The molecule has 2 aromatic carbocycles. The molecule has 13 heteroatoms. The second-order valence-electron chi connectivity index (χ2n) is 6.12. The smallest absolute Gasteiger partial charge is 0.416 e. The number of carbonyl (C=O) groups is 1. The van der Waals surface area contributed by atoms with Gasteiger partial charge in [-0.25, -0.2) is 13.8 Å². The van der Waals surface area contributed by atoms with Gasteiger partial charge in [-0.05, 0) is 30.3 Å². The van der Waals surface area contributed by atoms with Crippen molar-refractivity contribution in [2.45, 2.75) is 6.18 Å². The van der Waals surface area contributed by atoms with Gasteiger partial charge in [-0.1, -0.05) is 17.7 Å². The summed E-state index contributed by atoms with van der Waals surface area (Å²) in [6, 6.07) is 6.64. The van der Waals surface area contributed by atoms with E-state index in [-0.39, 0.29) is 22.1 Å². The maximum Gasteiger partial charge on any atom is 0.416 e. The van der Waals surface area contributed by atoms with E-state index in [9.17, 15) is 31.5 Å². The summed E-state index contributed by atoms with van der Waals surface area (Å²) < 4.78 is 68.6. The molecule has 168 valence electrons. The number of nitrogens with one attached hydrogen (secondary N) is 1. The molecule has 0 fully saturated rings. The highest BCUT2D eigenvalue weighted by Crippen LogP contribution is 2.36. The molecule has 0 heterocycles. The zero-order valence-corrected chi connectivity index (χ0v) is 17.7. The fraction of sp³-hybridized carbons (Fsp3) is 0.222. The Kier molecular flexibility index (Phi) is 7.39. The van der Waals surface area contributed by atoms with Crippen LogP contribution in [0.4, 0.5) is 18.9 Å². The summed E-state index contributed by atoms with van der Waals surface area (Å²) in [5.41, 5.74) is 0.592. The van der Waals surface area contributed by atoms with Crippen LogP contribution in [0.2, 0.25) is 5.02 Å². The van der Waals surface area contributed by atoms with Gasteiger partial charge < -0.3 is 9.84 Å². The Balaban J connectivity index is 2.24. The number of phenolic OH excluding ortho intramolecular Hbond substituents is 1. The molecule has 31 heavy (non-hydrogen) atoms. The predicted molar refractivity (Wildman–Crippen MR) is 109 cm³/mol. The van der Waals surface area contributed by atoms with E-state index in [0.717, 1.165) is 12.3 Å². The van der Waals surface area contributed by atoms with Gasteiger partial charge in [0.2, 0.25) is 10.0 Å². The first-order valence-electron chi connectivity index (χ1n) is 8.37. The molecule has 2 rings (SSSR count). The van der Waals surface area contributed by atoms with Crippen LogP contribution in [0, 0.1) is 0 Å². The van der Waals surface area contributed by atoms with Gasteiger partial charge in [0, 0.05) is 5.56 Å². The Morgan fingerprint density at radius 1 is 1.32 bits per heavy atom. The van der Waals surface area contributed by atoms with Gasteiger partial charge in [0.1, 0.15) is 6.54 Å². The molecule has 0 atom stereocenters. The van der Waals surface area contributed by atoms with Gasteiger partial charge in [-0.15, -0.1) is 0 Å². The number of rotatable bonds is 7.